The molecule has 0 saturated heterocycles. The third-order valence-electron chi connectivity index (χ3n) is 2.85. The Kier molecular flexibility index (Phi) is 4.70. The van der Waals surface area contributed by atoms with Crippen LogP contribution in [0, 0.1) is 6.92 Å². The highest BCUT2D eigenvalue weighted by Crippen LogP contribution is 2.31. The summed E-state index contributed by atoms with van der Waals surface area (Å²) in [5.74, 6) is 1.03. The Labute approximate surface area is 103 Å². The first-order valence-corrected chi connectivity index (χ1v) is 5.76. The molecule has 0 aliphatic carbocycles. The van der Waals surface area contributed by atoms with Gasteiger partial charge in [-0.05, 0) is 34.0 Å². The van der Waals surface area contributed by atoms with Crippen molar-refractivity contribution in [2.45, 2.75) is 26.3 Å². The molecular weight excluding hydrogens is 214 g/mol. The maximum Gasteiger partial charge on any atom is 0.131 e. The highest BCUT2D eigenvalue weighted by atomic mass is 16.5. The molecule has 3 nitrogen and oxygen atoms in total. The van der Waals surface area contributed by atoms with E-state index in [2.05, 4.69) is 11.0 Å². The number of aryl methyl sites for hydroxylation is 1. The first-order chi connectivity index (χ1) is 7.95. The molecule has 0 N–H and O–H groups in total. The third-order valence-corrected chi connectivity index (χ3v) is 2.85. The van der Waals surface area contributed by atoms with Crippen LogP contribution in [0.3, 0.4) is 0 Å². The number of hydrogen-bond acceptors (Lipinski definition) is 3. The lowest BCUT2D eigenvalue weighted by molar-refractivity contribution is -0.118. The summed E-state index contributed by atoms with van der Waals surface area (Å²) in [5, 5.41) is 0. The van der Waals surface area contributed by atoms with Crippen molar-refractivity contribution >= 4 is 5.78 Å². The first kappa shape index (κ1) is 13.7. The molecule has 0 spiro atoms. The third kappa shape index (κ3) is 3.56. The summed E-state index contributed by atoms with van der Waals surface area (Å²) in [4.78, 5) is 13.4. The average molecular weight is 235 g/mol. The van der Waals surface area contributed by atoms with E-state index in [9.17, 15) is 4.79 Å². The molecule has 3 heteroatoms. The fourth-order valence-corrected chi connectivity index (χ4v) is 1.96. The molecule has 0 aliphatic heterocycles. The molecule has 0 radical (unpaired) electrons. The Hall–Kier alpha value is -1.35. The molecule has 1 aromatic carbocycles. The van der Waals surface area contributed by atoms with Crippen molar-refractivity contribution in [1.82, 2.24) is 4.90 Å². The lowest BCUT2D eigenvalue weighted by Crippen LogP contribution is -2.22. The summed E-state index contributed by atoms with van der Waals surface area (Å²) in [5.41, 5.74) is 2.25. The van der Waals surface area contributed by atoms with Crippen LogP contribution >= 0.6 is 0 Å². The molecule has 0 saturated carbocycles. The predicted octanol–water partition coefficient (Wildman–Crippen LogP) is 2.59. The molecule has 0 aromatic heterocycles. The first-order valence-electron chi connectivity index (χ1n) is 5.76. The maximum atomic E-state index is 11.3. The van der Waals surface area contributed by atoms with Gasteiger partial charge in [0.1, 0.15) is 11.5 Å². The van der Waals surface area contributed by atoms with Gasteiger partial charge in [-0.3, -0.25) is 4.79 Å². The van der Waals surface area contributed by atoms with Crippen LogP contribution in [-0.2, 0) is 4.79 Å². The van der Waals surface area contributed by atoms with Crippen LogP contribution in [0.5, 0.6) is 5.75 Å². The number of benzene rings is 1. The van der Waals surface area contributed by atoms with Gasteiger partial charge in [0.05, 0.1) is 7.11 Å². The zero-order valence-corrected chi connectivity index (χ0v) is 11.3. The Morgan fingerprint density at radius 2 is 2.06 bits per heavy atom. The second-order valence-corrected chi connectivity index (χ2v) is 4.63. The molecule has 1 atom stereocenters. The summed E-state index contributed by atoms with van der Waals surface area (Å²) < 4.78 is 5.38. The van der Waals surface area contributed by atoms with Gasteiger partial charge in [-0.25, -0.2) is 0 Å². The van der Waals surface area contributed by atoms with E-state index in [0.717, 1.165) is 11.3 Å². The quantitative estimate of drug-likeness (QED) is 0.785. The van der Waals surface area contributed by atoms with Crippen molar-refractivity contribution in [2.75, 3.05) is 21.2 Å². The van der Waals surface area contributed by atoms with Crippen molar-refractivity contribution < 1.29 is 9.53 Å². The second-order valence-electron chi connectivity index (χ2n) is 4.63. The van der Waals surface area contributed by atoms with Gasteiger partial charge < -0.3 is 9.64 Å². The Morgan fingerprint density at radius 1 is 1.41 bits per heavy atom. The van der Waals surface area contributed by atoms with E-state index >= 15 is 0 Å². The molecular formula is C14H21NO2. The molecule has 1 unspecified atom stereocenters. The average Bonchev–Trinajstić information content (AvgIpc) is 2.25. The highest BCUT2D eigenvalue weighted by molar-refractivity contribution is 5.76. The number of methoxy groups -OCH3 is 1. The zero-order chi connectivity index (χ0) is 13.0. The monoisotopic (exact) mass is 235 g/mol. The lowest BCUT2D eigenvalue weighted by Gasteiger charge is -2.25. The Morgan fingerprint density at radius 3 is 2.53 bits per heavy atom. The van der Waals surface area contributed by atoms with E-state index in [0.29, 0.717) is 6.42 Å². The van der Waals surface area contributed by atoms with E-state index in [4.69, 9.17) is 4.74 Å². The van der Waals surface area contributed by atoms with Gasteiger partial charge in [-0.2, -0.15) is 0 Å². The minimum Gasteiger partial charge on any atom is -0.496 e. The number of Topliss-reactive ketones (excluding diaryl/α,β-unsaturated/α-hetero) is 1. The Balaban J connectivity index is 3.16. The van der Waals surface area contributed by atoms with Crippen molar-refractivity contribution in [3.05, 3.63) is 29.3 Å². The van der Waals surface area contributed by atoms with Gasteiger partial charge >= 0.3 is 0 Å². The van der Waals surface area contributed by atoms with E-state index in [1.165, 1.54) is 5.56 Å². The van der Waals surface area contributed by atoms with Crippen molar-refractivity contribution in [1.29, 1.82) is 0 Å². The van der Waals surface area contributed by atoms with Crippen LogP contribution in [0.25, 0.3) is 0 Å². The van der Waals surface area contributed by atoms with Crippen LogP contribution < -0.4 is 4.74 Å². The zero-order valence-electron chi connectivity index (χ0n) is 11.3. The number of ether oxygens (including phenoxy) is 1. The number of hydrogen-bond donors (Lipinski definition) is 0. The minimum absolute atomic E-state index is 0.0716. The largest absolute Gasteiger partial charge is 0.496 e. The molecule has 94 valence electrons. The second kappa shape index (κ2) is 5.82. The topological polar surface area (TPSA) is 29.5 Å². The van der Waals surface area contributed by atoms with E-state index in [1.807, 2.05) is 33.2 Å². The van der Waals surface area contributed by atoms with Gasteiger partial charge in [-0.15, -0.1) is 0 Å². The summed E-state index contributed by atoms with van der Waals surface area (Å²) in [6, 6.07) is 6.14. The SMILES string of the molecule is COc1ccc(C)cc1C(CC(C)=O)N(C)C. The standard InChI is InChI=1S/C14H21NO2/c1-10-6-7-14(17-5)12(8-10)13(15(3)4)9-11(2)16/h6-8,13H,9H2,1-5H3. The molecule has 1 aromatic rings. The van der Waals surface area contributed by atoms with Crippen LogP contribution in [0.15, 0.2) is 18.2 Å². The fourth-order valence-electron chi connectivity index (χ4n) is 1.96. The van der Waals surface area contributed by atoms with Crippen LogP contribution in [0.4, 0.5) is 0 Å². The van der Waals surface area contributed by atoms with Crippen molar-refractivity contribution in [3.8, 4) is 5.75 Å². The summed E-state index contributed by atoms with van der Waals surface area (Å²) in [6.45, 7) is 3.67. The summed E-state index contributed by atoms with van der Waals surface area (Å²) in [6.07, 6.45) is 0.507. The number of rotatable bonds is 5. The Bertz CT molecular complexity index is 399. The van der Waals surface area contributed by atoms with Crippen LogP contribution in [0.1, 0.15) is 30.5 Å². The van der Waals surface area contributed by atoms with Gasteiger partial charge in [0.25, 0.3) is 0 Å². The molecule has 0 amide bonds. The van der Waals surface area contributed by atoms with Gasteiger partial charge in [-0.1, -0.05) is 17.7 Å². The molecule has 17 heavy (non-hydrogen) atoms. The van der Waals surface area contributed by atoms with E-state index < -0.39 is 0 Å². The summed E-state index contributed by atoms with van der Waals surface area (Å²) >= 11 is 0. The van der Waals surface area contributed by atoms with Crippen molar-refractivity contribution in [2.24, 2.45) is 0 Å². The van der Waals surface area contributed by atoms with Gasteiger partial charge in [0.15, 0.2) is 0 Å². The van der Waals surface area contributed by atoms with E-state index in [1.54, 1.807) is 14.0 Å². The van der Waals surface area contributed by atoms with Gasteiger partial charge in [0, 0.05) is 18.0 Å². The van der Waals surface area contributed by atoms with Crippen LogP contribution in [0.2, 0.25) is 0 Å². The van der Waals surface area contributed by atoms with E-state index in [-0.39, 0.29) is 11.8 Å². The molecule has 0 heterocycles. The van der Waals surface area contributed by atoms with Crippen LogP contribution in [-0.4, -0.2) is 31.9 Å². The molecule has 0 aliphatic rings. The highest BCUT2D eigenvalue weighted by Gasteiger charge is 2.20. The van der Waals surface area contributed by atoms with Crippen molar-refractivity contribution in [3.63, 3.8) is 0 Å². The van der Waals surface area contributed by atoms with Gasteiger partial charge in [0.2, 0.25) is 0 Å². The smallest absolute Gasteiger partial charge is 0.131 e. The lowest BCUT2D eigenvalue weighted by atomic mass is 9.98. The molecule has 1 rings (SSSR count). The predicted molar refractivity (Wildman–Crippen MR) is 69.5 cm³/mol. The number of carbonyl (C=O) groups excluding carboxylic acids is 1. The molecule has 0 bridgehead atoms. The normalized spacial score (nSPS) is 12.6. The maximum absolute atomic E-state index is 11.3. The number of nitrogens with zero attached hydrogens (tertiary/aromatic N) is 1. The fraction of sp³-hybridized carbons (Fsp3) is 0.500. The summed E-state index contributed by atoms with van der Waals surface area (Å²) in [7, 11) is 5.62. The number of ketones is 1. The number of carbonyl (C=O) groups is 1. The minimum atomic E-state index is 0.0716. The molecule has 0 fully saturated rings.